The van der Waals surface area contributed by atoms with Gasteiger partial charge in [-0.1, -0.05) is 20.3 Å². The first-order chi connectivity index (χ1) is 10.1. The molecule has 0 bridgehead atoms. The van der Waals surface area contributed by atoms with Crippen LogP contribution in [-0.2, 0) is 16.4 Å². The Bertz CT molecular complexity index is 541. The van der Waals surface area contributed by atoms with E-state index < -0.39 is 10.0 Å². The fourth-order valence-electron chi connectivity index (χ4n) is 2.72. The van der Waals surface area contributed by atoms with Crippen LogP contribution in [-0.4, -0.2) is 48.4 Å². The van der Waals surface area contributed by atoms with Crippen LogP contribution in [0.2, 0.25) is 0 Å². The highest BCUT2D eigenvalue weighted by Gasteiger charge is 2.34. The number of aromatic amines is 1. The summed E-state index contributed by atoms with van der Waals surface area (Å²) in [5.41, 5.74) is 0. The maximum atomic E-state index is 12.8. The van der Waals surface area contributed by atoms with E-state index in [1.54, 1.807) is 4.31 Å². The Morgan fingerprint density at radius 2 is 2.24 bits per heavy atom. The summed E-state index contributed by atoms with van der Waals surface area (Å²) in [4.78, 5) is 7.05. The number of H-pyrrole nitrogens is 1. The van der Waals surface area contributed by atoms with E-state index in [1.807, 2.05) is 6.92 Å². The van der Waals surface area contributed by atoms with Crippen molar-refractivity contribution in [1.82, 2.24) is 19.6 Å². The second kappa shape index (κ2) is 7.38. The number of imidazole rings is 1. The standard InChI is InChI=1S/C14H26N4O2S/c1-3-8-15-10-12-7-5-6-9-18(12)21(19,20)14-11-16-13(4-2)17-14/h11-12,15H,3-10H2,1-2H3,(H,16,17). The van der Waals surface area contributed by atoms with Crippen molar-refractivity contribution in [3.63, 3.8) is 0 Å². The van der Waals surface area contributed by atoms with Gasteiger partial charge in [-0.3, -0.25) is 0 Å². The summed E-state index contributed by atoms with van der Waals surface area (Å²) in [6.07, 6.45) is 6.15. The van der Waals surface area contributed by atoms with Gasteiger partial charge >= 0.3 is 0 Å². The highest BCUT2D eigenvalue weighted by Crippen LogP contribution is 2.24. The van der Waals surface area contributed by atoms with E-state index in [-0.39, 0.29) is 11.1 Å². The Morgan fingerprint density at radius 1 is 1.43 bits per heavy atom. The van der Waals surface area contributed by atoms with Gasteiger partial charge in [0.1, 0.15) is 5.82 Å². The van der Waals surface area contributed by atoms with Crippen LogP contribution < -0.4 is 5.32 Å². The van der Waals surface area contributed by atoms with Crippen molar-refractivity contribution in [2.45, 2.75) is 57.0 Å². The third-order valence-electron chi connectivity index (χ3n) is 3.91. The summed E-state index contributed by atoms with van der Waals surface area (Å²) < 4.78 is 27.2. The third-order valence-corrected chi connectivity index (χ3v) is 5.77. The molecule has 7 heteroatoms. The normalized spacial score (nSPS) is 20.8. The molecule has 21 heavy (non-hydrogen) atoms. The lowest BCUT2D eigenvalue weighted by molar-refractivity contribution is 0.245. The first kappa shape index (κ1) is 16.5. The summed E-state index contributed by atoms with van der Waals surface area (Å²) >= 11 is 0. The fraction of sp³-hybridized carbons (Fsp3) is 0.786. The van der Waals surface area contributed by atoms with Gasteiger partial charge in [-0.05, 0) is 25.8 Å². The van der Waals surface area contributed by atoms with Gasteiger partial charge in [0, 0.05) is 25.6 Å². The number of sulfonamides is 1. The minimum Gasteiger partial charge on any atom is -0.332 e. The van der Waals surface area contributed by atoms with E-state index in [0.717, 1.165) is 38.8 Å². The van der Waals surface area contributed by atoms with Crippen molar-refractivity contribution in [2.24, 2.45) is 0 Å². The first-order valence-electron chi connectivity index (χ1n) is 7.86. The van der Waals surface area contributed by atoms with Gasteiger partial charge in [0.25, 0.3) is 10.0 Å². The number of nitrogens with zero attached hydrogens (tertiary/aromatic N) is 2. The van der Waals surface area contributed by atoms with Crippen LogP contribution in [0.1, 0.15) is 45.4 Å². The minimum absolute atomic E-state index is 0.0451. The molecule has 1 aromatic heterocycles. The van der Waals surface area contributed by atoms with E-state index >= 15 is 0 Å². The molecule has 1 atom stereocenters. The fourth-order valence-corrected chi connectivity index (χ4v) is 4.35. The SMILES string of the molecule is CCCNCC1CCCCN1S(=O)(=O)c1cnc(CC)[nH]1. The molecule has 1 saturated heterocycles. The second-order valence-corrected chi connectivity index (χ2v) is 7.38. The molecule has 2 N–H and O–H groups in total. The molecule has 1 fully saturated rings. The third kappa shape index (κ3) is 3.84. The molecule has 6 nitrogen and oxygen atoms in total. The number of piperidine rings is 1. The van der Waals surface area contributed by atoms with E-state index in [2.05, 4.69) is 22.2 Å². The Labute approximate surface area is 127 Å². The number of nitrogens with one attached hydrogen (secondary N) is 2. The summed E-state index contributed by atoms with van der Waals surface area (Å²) in [5, 5.41) is 3.57. The lowest BCUT2D eigenvalue weighted by Crippen LogP contribution is -2.48. The smallest absolute Gasteiger partial charge is 0.260 e. The molecule has 1 unspecified atom stereocenters. The van der Waals surface area contributed by atoms with Gasteiger partial charge in [-0.2, -0.15) is 4.31 Å². The molecule has 2 heterocycles. The second-order valence-electron chi connectivity index (χ2n) is 5.52. The van der Waals surface area contributed by atoms with Crippen LogP contribution in [0.5, 0.6) is 0 Å². The molecule has 0 spiro atoms. The lowest BCUT2D eigenvalue weighted by atomic mass is 10.1. The molecule has 1 aromatic rings. The molecule has 1 aliphatic heterocycles. The Morgan fingerprint density at radius 3 is 2.90 bits per heavy atom. The van der Waals surface area contributed by atoms with E-state index in [0.29, 0.717) is 18.8 Å². The monoisotopic (exact) mass is 314 g/mol. The Kier molecular flexibility index (Phi) is 5.78. The Hall–Kier alpha value is -0.920. The van der Waals surface area contributed by atoms with Crippen LogP contribution in [0.25, 0.3) is 0 Å². The zero-order valence-electron chi connectivity index (χ0n) is 12.9. The van der Waals surface area contributed by atoms with Gasteiger partial charge in [-0.25, -0.2) is 13.4 Å². The summed E-state index contributed by atoms with van der Waals surface area (Å²) in [6.45, 7) is 6.31. The van der Waals surface area contributed by atoms with Crippen LogP contribution in [0.3, 0.4) is 0 Å². The van der Waals surface area contributed by atoms with Crippen molar-refractivity contribution in [1.29, 1.82) is 0 Å². The van der Waals surface area contributed by atoms with Gasteiger partial charge in [0.2, 0.25) is 0 Å². The zero-order chi connectivity index (χ0) is 15.3. The molecular weight excluding hydrogens is 288 g/mol. The van der Waals surface area contributed by atoms with Crippen LogP contribution in [0.4, 0.5) is 0 Å². The van der Waals surface area contributed by atoms with E-state index in [4.69, 9.17) is 0 Å². The predicted molar refractivity (Wildman–Crippen MR) is 82.7 cm³/mol. The van der Waals surface area contributed by atoms with Gasteiger partial charge in [0.05, 0.1) is 6.20 Å². The number of aryl methyl sites for hydroxylation is 1. The van der Waals surface area contributed by atoms with Crippen molar-refractivity contribution in [3.8, 4) is 0 Å². The lowest BCUT2D eigenvalue weighted by Gasteiger charge is -2.34. The minimum atomic E-state index is -3.46. The van der Waals surface area contributed by atoms with Crippen LogP contribution in [0.15, 0.2) is 11.2 Å². The molecule has 120 valence electrons. The summed E-state index contributed by atoms with van der Waals surface area (Å²) in [7, 11) is -3.46. The zero-order valence-corrected chi connectivity index (χ0v) is 13.7. The number of hydrogen-bond donors (Lipinski definition) is 2. The Balaban J connectivity index is 2.14. The summed E-state index contributed by atoms with van der Waals surface area (Å²) in [6, 6.07) is 0.0451. The maximum absolute atomic E-state index is 12.8. The average Bonchev–Trinajstić information content (AvgIpc) is 2.98. The molecule has 0 aliphatic carbocycles. The van der Waals surface area contributed by atoms with Gasteiger partial charge < -0.3 is 10.3 Å². The van der Waals surface area contributed by atoms with Crippen molar-refractivity contribution in [2.75, 3.05) is 19.6 Å². The van der Waals surface area contributed by atoms with E-state index in [1.165, 1.54) is 6.20 Å². The van der Waals surface area contributed by atoms with Gasteiger partial charge in [-0.15, -0.1) is 0 Å². The molecule has 2 rings (SSSR count). The number of rotatable bonds is 7. The van der Waals surface area contributed by atoms with Crippen molar-refractivity contribution < 1.29 is 8.42 Å². The van der Waals surface area contributed by atoms with E-state index in [9.17, 15) is 8.42 Å². The molecule has 0 amide bonds. The first-order valence-corrected chi connectivity index (χ1v) is 9.30. The maximum Gasteiger partial charge on any atom is 0.260 e. The quantitative estimate of drug-likeness (QED) is 0.748. The number of hydrogen-bond acceptors (Lipinski definition) is 4. The van der Waals surface area contributed by atoms with Crippen LogP contribution in [0, 0.1) is 0 Å². The molecule has 0 saturated carbocycles. The van der Waals surface area contributed by atoms with Crippen LogP contribution >= 0.6 is 0 Å². The predicted octanol–water partition coefficient (Wildman–Crippen LogP) is 1.51. The largest absolute Gasteiger partial charge is 0.332 e. The highest BCUT2D eigenvalue weighted by molar-refractivity contribution is 7.89. The molecule has 0 aromatic carbocycles. The molecule has 0 radical (unpaired) electrons. The van der Waals surface area contributed by atoms with Gasteiger partial charge in [0.15, 0.2) is 5.03 Å². The summed E-state index contributed by atoms with van der Waals surface area (Å²) in [5.74, 6) is 0.714. The number of aromatic nitrogens is 2. The van der Waals surface area contributed by atoms with Crippen molar-refractivity contribution in [3.05, 3.63) is 12.0 Å². The van der Waals surface area contributed by atoms with Crippen molar-refractivity contribution >= 4 is 10.0 Å². The highest BCUT2D eigenvalue weighted by atomic mass is 32.2. The molecule has 1 aliphatic rings. The topological polar surface area (TPSA) is 78.1 Å². The molecular formula is C14H26N4O2S. The average molecular weight is 314 g/mol.